The summed E-state index contributed by atoms with van der Waals surface area (Å²) in [5, 5.41) is 10.5. The summed E-state index contributed by atoms with van der Waals surface area (Å²) < 4.78 is 16.3. The van der Waals surface area contributed by atoms with E-state index in [9.17, 15) is 14.7 Å². The van der Waals surface area contributed by atoms with Gasteiger partial charge in [0.05, 0.1) is 19.6 Å². The molecule has 0 bridgehead atoms. The topological polar surface area (TPSA) is 88.5 Å². The van der Waals surface area contributed by atoms with Crippen molar-refractivity contribution in [3.63, 3.8) is 0 Å². The largest absolute Gasteiger partial charge is 0.497 e. The quantitative estimate of drug-likeness (QED) is 0.443. The van der Waals surface area contributed by atoms with E-state index in [2.05, 4.69) is 13.8 Å². The SMILES string of the molecule is CCCCN(CCCC)C(=O)CN1C[C@H](c2ccc3c(c2)OCO3)[C@H](C(=O)O)[C@@H]1c1ccc(OC)cc1. The number of aliphatic carboxylic acids is 1. The van der Waals surface area contributed by atoms with Crippen LogP contribution in [0.1, 0.15) is 62.6 Å². The van der Waals surface area contributed by atoms with Crippen molar-refractivity contribution in [2.24, 2.45) is 5.92 Å². The number of benzene rings is 2. The van der Waals surface area contributed by atoms with Crippen LogP contribution in [0.2, 0.25) is 0 Å². The van der Waals surface area contributed by atoms with Gasteiger partial charge >= 0.3 is 5.97 Å². The smallest absolute Gasteiger partial charge is 0.309 e. The van der Waals surface area contributed by atoms with Crippen molar-refractivity contribution in [2.75, 3.05) is 40.1 Å². The number of carboxylic acids is 1. The van der Waals surface area contributed by atoms with Crippen LogP contribution in [-0.4, -0.2) is 66.9 Å². The standard InChI is InChI=1S/C29H38N2O6/c1-4-6-14-30(15-7-5-2)26(32)18-31-17-23(21-10-13-24-25(16-21)37-19-36-24)27(29(33)34)28(31)20-8-11-22(35-3)12-9-20/h8-13,16,23,27-28H,4-7,14-15,17-19H2,1-3H3,(H,33,34)/t23-,27+,28+/m1/s1. The minimum Gasteiger partial charge on any atom is -0.497 e. The van der Waals surface area contributed by atoms with Gasteiger partial charge in [-0.2, -0.15) is 0 Å². The molecule has 0 saturated carbocycles. The van der Waals surface area contributed by atoms with E-state index in [1.54, 1.807) is 7.11 Å². The molecule has 1 N–H and O–H groups in total. The monoisotopic (exact) mass is 510 g/mol. The van der Waals surface area contributed by atoms with Gasteiger partial charge in [0.25, 0.3) is 0 Å². The Morgan fingerprint density at radius 1 is 1.00 bits per heavy atom. The molecule has 0 spiro atoms. The van der Waals surface area contributed by atoms with Crippen molar-refractivity contribution in [1.82, 2.24) is 9.80 Å². The normalized spacial score (nSPS) is 20.7. The van der Waals surface area contributed by atoms with E-state index in [1.165, 1.54) is 0 Å². The van der Waals surface area contributed by atoms with Crippen LogP contribution < -0.4 is 14.2 Å². The lowest BCUT2D eigenvalue weighted by Gasteiger charge is -2.30. The molecule has 3 atom stereocenters. The van der Waals surface area contributed by atoms with E-state index in [4.69, 9.17) is 14.2 Å². The maximum Gasteiger partial charge on any atom is 0.309 e. The molecule has 2 aromatic rings. The van der Waals surface area contributed by atoms with Crippen LogP contribution in [0.3, 0.4) is 0 Å². The van der Waals surface area contributed by atoms with Crippen LogP contribution in [0.15, 0.2) is 42.5 Å². The summed E-state index contributed by atoms with van der Waals surface area (Å²) in [6.45, 7) is 6.48. The summed E-state index contributed by atoms with van der Waals surface area (Å²) in [7, 11) is 1.60. The predicted octanol–water partition coefficient (Wildman–Crippen LogP) is 4.69. The first kappa shape index (κ1) is 26.8. The first-order valence-electron chi connectivity index (χ1n) is 13.2. The molecule has 2 aliphatic heterocycles. The highest BCUT2D eigenvalue weighted by Crippen LogP contribution is 2.47. The predicted molar refractivity (Wildman–Crippen MR) is 140 cm³/mol. The number of rotatable bonds is 12. The molecule has 0 aromatic heterocycles. The average molecular weight is 511 g/mol. The Hall–Kier alpha value is -3.26. The van der Waals surface area contributed by atoms with Crippen molar-refractivity contribution in [2.45, 2.75) is 51.5 Å². The number of fused-ring (bicyclic) bond motifs is 1. The molecule has 8 heteroatoms. The third kappa shape index (κ3) is 6.01. The van der Waals surface area contributed by atoms with Crippen molar-refractivity contribution in [3.05, 3.63) is 53.6 Å². The lowest BCUT2D eigenvalue weighted by molar-refractivity contribution is -0.144. The van der Waals surface area contributed by atoms with E-state index in [0.29, 0.717) is 23.8 Å². The Kier molecular flexibility index (Phi) is 8.92. The summed E-state index contributed by atoms with van der Waals surface area (Å²) in [4.78, 5) is 30.3. The summed E-state index contributed by atoms with van der Waals surface area (Å²) in [5.74, 6) is 0.113. The Balaban J connectivity index is 1.67. The Morgan fingerprint density at radius 2 is 1.65 bits per heavy atom. The lowest BCUT2D eigenvalue weighted by atomic mass is 9.82. The van der Waals surface area contributed by atoms with Crippen molar-refractivity contribution >= 4 is 11.9 Å². The van der Waals surface area contributed by atoms with Crippen molar-refractivity contribution in [1.29, 1.82) is 0 Å². The molecule has 200 valence electrons. The van der Waals surface area contributed by atoms with Gasteiger partial charge in [-0.3, -0.25) is 14.5 Å². The number of carbonyl (C=O) groups excluding carboxylic acids is 1. The molecule has 1 amide bonds. The van der Waals surface area contributed by atoms with Gasteiger partial charge in [0.15, 0.2) is 11.5 Å². The zero-order chi connectivity index (χ0) is 26.4. The molecule has 37 heavy (non-hydrogen) atoms. The van der Waals surface area contributed by atoms with Gasteiger partial charge in [0, 0.05) is 31.6 Å². The molecule has 2 aliphatic rings. The van der Waals surface area contributed by atoms with Crippen LogP contribution in [0.4, 0.5) is 0 Å². The number of unbranched alkanes of at least 4 members (excludes halogenated alkanes) is 2. The zero-order valence-electron chi connectivity index (χ0n) is 22.0. The first-order chi connectivity index (χ1) is 18.0. The fourth-order valence-corrected chi connectivity index (χ4v) is 5.41. The van der Waals surface area contributed by atoms with E-state index >= 15 is 0 Å². The van der Waals surface area contributed by atoms with Crippen molar-refractivity contribution in [3.8, 4) is 17.2 Å². The fraction of sp³-hybridized carbons (Fsp3) is 0.517. The van der Waals surface area contributed by atoms with Gasteiger partial charge in [0.2, 0.25) is 12.7 Å². The van der Waals surface area contributed by atoms with Crippen LogP contribution in [0.25, 0.3) is 0 Å². The van der Waals surface area contributed by atoms with Crippen LogP contribution >= 0.6 is 0 Å². The molecule has 0 radical (unpaired) electrons. The third-order valence-corrected chi connectivity index (χ3v) is 7.42. The van der Waals surface area contributed by atoms with E-state index in [-0.39, 0.29) is 25.2 Å². The maximum absolute atomic E-state index is 13.5. The van der Waals surface area contributed by atoms with E-state index < -0.39 is 17.9 Å². The van der Waals surface area contributed by atoms with Gasteiger partial charge in [-0.05, 0) is 48.2 Å². The first-order valence-corrected chi connectivity index (χ1v) is 13.2. The second kappa shape index (κ2) is 12.3. The number of amides is 1. The molecule has 0 unspecified atom stereocenters. The number of carboxylic acid groups (broad SMARTS) is 1. The summed E-state index contributed by atoms with van der Waals surface area (Å²) >= 11 is 0. The van der Waals surface area contributed by atoms with Crippen LogP contribution in [0, 0.1) is 5.92 Å². The summed E-state index contributed by atoms with van der Waals surface area (Å²) in [6, 6.07) is 12.7. The summed E-state index contributed by atoms with van der Waals surface area (Å²) in [5.41, 5.74) is 1.73. The van der Waals surface area contributed by atoms with Crippen molar-refractivity contribution < 1.29 is 28.9 Å². The maximum atomic E-state index is 13.5. The number of likely N-dealkylation sites (tertiary alicyclic amines) is 1. The highest BCUT2D eigenvalue weighted by molar-refractivity contribution is 5.79. The molecule has 0 aliphatic carbocycles. The number of carbonyl (C=O) groups is 2. The zero-order valence-corrected chi connectivity index (χ0v) is 22.0. The fourth-order valence-electron chi connectivity index (χ4n) is 5.41. The van der Waals surface area contributed by atoms with Crippen LogP contribution in [-0.2, 0) is 9.59 Å². The Bertz CT molecular complexity index is 1060. The highest BCUT2D eigenvalue weighted by atomic mass is 16.7. The molecule has 2 heterocycles. The number of hydrogen-bond donors (Lipinski definition) is 1. The molecular weight excluding hydrogens is 472 g/mol. The summed E-state index contributed by atoms with van der Waals surface area (Å²) in [6.07, 6.45) is 3.94. The lowest BCUT2D eigenvalue weighted by Crippen LogP contribution is -2.42. The van der Waals surface area contributed by atoms with E-state index in [1.807, 2.05) is 52.3 Å². The molecular formula is C29H38N2O6. The molecule has 1 saturated heterocycles. The van der Waals surface area contributed by atoms with Gasteiger partial charge in [-0.25, -0.2) is 0 Å². The minimum absolute atomic E-state index is 0.0517. The second-order valence-corrected chi connectivity index (χ2v) is 9.82. The van der Waals surface area contributed by atoms with E-state index in [0.717, 1.165) is 49.9 Å². The van der Waals surface area contributed by atoms with Crippen LogP contribution in [0.5, 0.6) is 17.2 Å². The van der Waals surface area contributed by atoms with Gasteiger partial charge in [-0.1, -0.05) is 44.9 Å². The Labute approximate surface area is 219 Å². The third-order valence-electron chi connectivity index (χ3n) is 7.42. The highest BCUT2D eigenvalue weighted by Gasteiger charge is 2.48. The number of methoxy groups -OCH3 is 1. The van der Waals surface area contributed by atoms with Gasteiger partial charge < -0.3 is 24.2 Å². The molecule has 2 aromatic carbocycles. The molecule has 8 nitrogen and oxygen atoms in total. The number of nitrogens with zero attached hydrogens (tertiary/aromatic N) is 2. The minimum atomic E-state index is -0.882. The number of ether oxygens (including phenoxy) is 3. The Morgan fingerprint density at radius 3 is 2.27 bits per heavy atom. The second-order valence-electron chi connectivity index (χ2n) is 9.82. The average Bonchev–Trinajstić information content (AvgIpc) is 3.53. The molecule has 4 rings (SSSR count). The molecule has 1 fully saturated rings. The van der Waals surface area contributed by atoms with Gasteiger partial charge in [0.1, 0.15) is 5.75 Å². The van der Waals surface area contributed by atoms with Gasteiger partial charge in [-0.15, -0.1) is 0 Å². The number of hydrogen-bond acceptors (Lipinski definition) is 6.